The van der Waals surface area contributed by atoms with Crippen LogP contribution in [0.15, 0.2) is 28.7 Å². The monoisotopic (exact) mass is 288 g/mol. The van der Waals surface area contributed by atoms with Crippen LogP contribution >= 0.6 is 23.2 Å². The Kier molecular flexibility index (Phi) is 3.40. The normalized spacial score (nSPS) is 10.8. The molecule has 0 atom stereocenters. The summed E-state index contributed by atoms with van der Waals surface area (Å²) in [5, 5.41) is 13.5. The highest BCUT2D eigenvalue weighted by molar-refractivity contribution is 6.54. The Bertz CT molecular complexity index is 623. The van der Waals surface area contributed by atoms with E-state index in [0.717, 1.165) is 0 Å². The number of amides is 1. The molecule has 2 aromatic rings. The van der Waals surface area contributed by atoms with Gasteiger partial charge >= 0.3 is 5.88 Å². The van der Waals surface area contributed by atoms with E-state index in [1.165, 1.54) is 0 Å². The Hall–Kier alpha value is -1.79. The van der Waals surface area contributed by atoms with Crippen LogP contribution in [-0.4, -0.2) is 15.7 Å². The molecule has 94 valence electrons. The third-order valence-corrected chi connectivity index (χ3v) is 2.59. The predicted molar refractivity (Wildman–Crippen MR) is 67.0 cm³/mol. The summed E-state index contributed by atoms with van der Waals surface area (Å²) in [4.78, 5) is 20.2. The summed E-state index contributed by atoms with van der Waals surface area (Å²) in [5.41, 5.74) is 0.243. The summed E-state index contributed by atoms with van der Waals surface area (Å²) in [6.07, 6.45) is 0. The molecule has 0 saturated carbocycles. The molecule has 0 aliphatic rings. The van der Waals surface area contributed by atoms with Crippen LogP contribution in [-0.2, 0) is 4.79 Å². The number of hydrogen-bond acceptors (Lipinski definition) is 4. The lowest BCUT2D eigenvalue weighted by atomic mass is 10.2. The summed E-state index contributed by atoms with van der Waals surface area (Å²) in [6.45, 7) is 0. The van der Waals surface area contributed by atoms with Gasteiger partial charge in [0.1, 0.15) is 10.5 Å². The van der Waals surface area contributed by atoms with E-state index in [2.05, 4.69) is 5.32 Å². The fraction of sp³-hybridized carbons (Fsp3) is 0.100. The van der Waals surface area contributed by atoms with Crippen LogP contribution in [0.3, 0.4) is 0 Å². The number of carbonyl (C=O) groups is 1. The molecule has 6 nitrogen and oxygen atoms in total. The van der Waals surface area contributed by atoms with Crippen LogP contribution in [0.25, 0.3) is 11.0 Å². The molecule has 0 fully saturated rings. The third kappa shape index (κ3) is 2.25. The maximum Gasteiger partial charge on any atom is 0.458 e. The Balaban J connectivity index is 2.55. The molecule has 0 radical (unpaired) electrons. The van der Waals surface area contributed by atoms with Gasteiger partial charge in [-0.2, -0.15) is 0 Å². The average Bonchev–Trinajstić information content (AvgIpc) is 2.68. The van der Waals surface area contributed by atoms with E-state index < -0.39 is 21.6 Å². The minimum atomic E-state index is -1.32. The van der Waals surface area contributed by atoms with Crippen molar-refractivity contribution in [1.82, 2.24) is 0 Å². The number of hydrogen-bond donors (Lipinski definition) is 1. The van der Waals surface area contributed by atoms with Crippen molar-refractivity contribution in [3.8, 4) is 0 Å². The van der Waals surface area contributed by atoms with Gasteiger partial charge in [-0.15, -0.1) is 0 Å². The maximum absolute atomic E-state index is 11.4. The SMILES string of the molecule is O=C(Nc1c([N+](=O)[O-])oc2ccccc12)C(Cl)Cl. The fourth-order valence-electron chi connectivity index (χ4n) is 1.46. The van der Waals surface area contributed by atoms with Gasteiger partial charge in [0.05, 0.1) is 5.39 Å². The topological polar surface area (TPSA) is 85.4 Å². The second kappa shape index (κ2) is 4.83. The highest BCUT2D eigenvalue weighted by atomic mass is 35.5. The number of benzene rings is 1. The van der Waals surface area contributed by atoms with Gasteiger partial charge < -0.3 is 9.73 Å². The molecule has 0 aliphatic carbocycles. The number of para-hydroxylation sites is 1. The van der Waals surface area contributed by atoms with Crippen molar-refractivity contribution in [3.63, 3.8) is 0 Å². The van der Waals surface area contributed by atoms with E-state index in [1.54, 1.807) is 24.3 Å². The first-order valence-electron chi connectivity index (χ1n) is 4.75. The molecule has 1 aromatic carbocycles. The molecular formula is C10H6Cl2N2O4. The zero-order valence-electron chi connectivity index (χ0n) is 8.72. The molecule has 1 amide bonds. The fourth-order valence-corrected chi connectivity index (χ4v) is 1.57. The number of fused-ring (bicyclic) bond motifs is 1. The van der Waals surface area contributed by atoms with Gasteiger partial charge in [-0.3, -0.25) is 14.9 Å². The van der Waals surface area contributed by atoms with Gasteiger partial charge in [-0.25, -0.2) is 0 Å². The molecule has 1 N–H and O–H groups in total. The molecule has 2 rings (SSSR count). The molecule has 8 heteroatoms. The maximum atomic E-state index is 11.4. The third-order valence-electron chi connectivity index (χ3n) is 2.19. The van der Waals surface area contributed by atoms with Gasteiger partial charge in [0, 0.05) is 0 Å². The number of rotatable bonds is 3. The van der Waals surface area contributed by atoms with Gasteiger partial charge in [0.2, 0.25) is 0 Å². The van der Waals surface area contributed by atoms with Crippen molar-refractivity contribution < 1.29 is 14.1 Å². The number of nitrogens with one attached hydrogen (secondary N) is 1. The molecule has 1 heterocycles. The molecule has 0 bridgehead atoms. The number of nitro groups is 1. The lowest BCUT2D eigenvalue weighted by Gasteiger charge is -2.02. The van der Waals surface area contributed by atoms with E-state index in [4.69, 9.17) is 27.6 Å². The minimum Gasteiger partial charge on any atom is -0.399 e. The lowest BCUT2D eigenvalue weighted by molar-refractivity contribution is -0.400. The first kappa shape index (κ1) is 12.7. The minimum absolute atomic E-state index is 0.0492. The summed E-state index contributed by atoms with van der Waals surface area (Å²) >= 11 is 10.8. The summed E-state index contributed by atoms with van der Waals surface area (Å²) in [5.74, 6) is -1.31. The van der Waals surface area contributed by atoms with Crippen molar-refractivity contribution in [1.29, 1.82) is 0 Å². The zero-order valence-corrected chi connectivity index (χ0v) is 10.2. The van der Waals surface area contributed by atoms with E-state index in [1.807, 2.05) is 0 Å². The van der Waals surface area contributed by atoms with E-state index >= 15 is 0 Å². The number of nitrogens with zero attached hydrogens (tertiary/aromatic N) is 1. The first-order valence-corrected chi connectivity index (χ1v) is 5.63. The molecule has 0 saturated heterocycles. The van der Waals surface area contributed by atoms with Crippen LogP contribution in [0, 0.1) is 10.1 Å². The average molecular weight is 289 g/mol. The summed E-state index contributed by atoms with van der Waals surface area (Å²) in [7, 11) is 0. The molecular weight excluding hydrogens is 283 g/mol. The van der Waals surface area contributed by atoms with E-state index in [0.29, 0.717) is 11.0 Å². The summed E-state index contributed by atoms with van der Waals surface area (Å²) in [6, 6.07) is 6.46. The molecule has 0 unspecified atom stereocenters. The van der Waals surface area contributed by atoms with Crippen LogP contribution in [0.1, 0.15) is 0 Å². The first-order chi connectivity index (χ1) is 8.50. The number of furan rings is 1. The molecule has 18 heavy (non-hydrogen) atoms. The quantitative estimate of drug-likeness (QED) is 0.534. The summed E-state index contributed by atoms with van der Waals surface area (Å²) < 4.78 is 5.04. The number of anilines is 1. The Morgan fingerprint density at radius 3 is 2.67 bits per heavy atom. The van der Waals surface area contributed by atoms with Gasteiger partial charge in [-0.05, 0) is 12.1 Å². The van der Waals surface area contributed by atoms with Gasteiger partial charge in [-0.1, -0.05) is 35.3 Å². The number of halogens is 2. The standard InChI is InChI=1S/C10H6Cl2N2O4/c11-8(12)9(15)13-7-5-3-1-2-4-6(5)18-10(7)14(16)17/h1-4,8H,(H,13,15). The molecule has 0 spiro atoms. The molecule has 0 aliphatic heterocycles. The van der Waals surface area contributed by atoms with Crippen molar-refractivity contribution in [2.45, 2.75) is 4.84 Å². The Morgan fingerprint density at radius 2 is 2.06 bits per heavy atom. The molecule has 1 aromatic heterocycles. The van der Waals surface area contributed by atoms with Crippen LogP contribution in [0.2, 0.25) is 0 Å². The highest BCUT2D eigenvalue weighted by Crippen LogP contribution is 2.36. The van der Waals surface area contributed by atoms with E-state index in [-0.39, 0.29) is 5.69 Å². The Morgan fingerprint density at radius 1 is 1.39 bits per heavy atom. The second-order valence-corrected chi connectivity index (χ2v) is 4.42. The van der Waals surface area contributed by atoms with Crippen molar-refractivity contribution in [2.24, 2.45) is 0 Å². The lowest BCUT2D eigenvalue weighted by Crippen LogP contribution is -2.18. The van der Waals surface area contributed by atoms with Gasteiger partial charge in [0.15, 0.2) is 10.5 Å². The number of carbonyl (C=O) groups excluding carboxylic acids is 1. The van der Waals surface area contributed by atoms with Crippen LogP contribution < -0.4 is 5.32 Å². The van der Waals surface area contributed by atoms with Crippen LogP contribution in [0.5, 0.6) is 0 Å². The van der Waals surface area contributed by atoms with Crippen LogP contribution in [0.4, 0.5) is 11.6 Å². The highest BCUT2D eigenvalue weighted by Gasteiger charge is 2.26. The second-order valence-electron chi connectivity index (χ2n) is 3.33. The van der Waals surface area contributed by atoms with Crippen molar-refractivity contribution in [2.75, 3.05) is 5.32 Å². The predicted octanol–water partition coefficient (Wildman–Crippen LogP) is 3.08. The number of alkyl halides is 2. The largest absolute Gasteiger partial charge is 0.458 e. The zero-order chi connectivity index (χ0) is 13.3. The van der Waals surface area contributed by atoms with Crippen molar-refractivity contribution in [3.05, 3.63) is 34.4 Å². The van der Waals surface area contributed by atoms with E-state index in [9.17, 15) is 14.9 Å². The Labute approximate surface area is 111 Å². The van der Waals surface area contributed by atoms with Crippen molar-refractivity contribution >= 4 is 51.6 Å². The van der Waals surface area contributed by atoms with Gasteiger partial charge in [0.25, 0.3) is 5.91 Å². The smallest absolute Gasteiger partial charge is 0.399 e.